The molecule has 0 aromatic carbocycles. The lowest BCUT2D eigenvalue weighted by Gasteiger charge is -2.34. The molecule has 0 heterocycles. The van der Waals surface area contributed by atoms with E-state index in [1.165, 1.54) is 38.5 Å². The molecule has 0 bridgehead atoms. The average molecular weight is 770 g/mol. The molecule has 0 saturated carbocycles. The molecule has 0 aliphatic heterocycles. The highest BCUT2D eigenvalue weighted by Gasteiger charge is 2.25. The zero-order chi connectivity index (χ0) is 40.7. The van der Waals surface area contributed by atoms with Gasteiger partial charge in [0.2, 0.25) is 0 Å². The van der Waals surface area contributed by atoms with Crippen molar-refractivity contribution in [1.82, 2.24) is 0 Å². The largest absolute Gasteiger partial charge is 0.544 e. The molecule has 0 aliphatic rings. The molecule has 314 valence electrons. The fourth-order valence-electron chi connectivity index (χ4n) is 5.76. The summed E-state index contributed by atoms with van der Waals surface area (Å²) < 4.78 is 17.0. The average Bonchev–Trinajstić information content (AvgIpc) is 3.14. The summed E-state index contributed by atoms with van der Waals surface area (Å²) in [7, 11) is 5.38. The predicted octanol–water partition coefficient (Wildman–Crippen LogP) is 10.2. The minimum absolute atomic E-state index is 0.0210. The van der Waals surface area contributed by atoms with Gasteiger partial charge in [0.25, 0.3) is 0 Å². The summed E-state index contributed by atoms with van der Waals surface area (Å²) in [4.78, 5) is 36.6. The molecule has 0 rings (SSSR count). The Hall–Kier alpha value is -3.23. The van der Waals surface area contributed by atoms with E-state index in [1.54, 1.807) is 21.1 Å². The first-order valence-corrected chi connectivity index (χ1v) is 21.5. The fourth-order valence-corrected chi connectivity index (χ4v) is 5.76. The van der Waals surface area contributed by atoms with Gasteiger partial charge in [0, 0.05) is 19.3 Å². The van der Waals surface area contributed by atoms with Crippen molar-refractivity contribution in [2.45, 2.75) is 167 Å². The Balaban J connectivity index is 4.30. The van der Waals surface area contributed by atoms with Gasteiger partial charge in [-0.25, -0.2) is 0 Å². The van der Waals surface area contributed by atoms with Crippen LogP contribution < -0.4 is 5.11 Å². The number of hydrogen-bond donors (Lipinski definition) is 0. The number of esters is 2. The Bertz CT molecular complexity index is 1130. The predicted molar refractivity (Wildman–Crippen MR) is 226 cm³/mol. The first-order chi connectivity index (χ1) is 26.6. The number of allylic oxidation sites excluding steroid dienone is 12. The van der Waals surface area contributed by atoms with Crippen molar-refractivity contribution in [3.05, 3.63) is 72.9 Å². The summed E-state index contributed by atoms with van der Waals surface area (Å²) in [6.45, 7) is 4.43. The Morgan fingerprint density at radius 2 is 1.05 bits per heavy atom. The van der Waals surface area contributed by atoms with E-state index in [-0.39, 0.29) is 49.1 Å². The molecule has 0 fully saturated rings. The number of nitrogens with zero attached hydrogens (tertiary/aromatic N) is 1. The van der Waals surface area contributed by atoms with E-state index in [9.17, 15) is 19.5 Å². The standard InChI is InChI=1S/C47H79NO7/c1-6-8-10-12-14-16-17-18-19-20-21-22-23-24-25-26-27-28-29-30-32-34-36-38-46(50)55-43(41-53-40-39-44(47(51)52)48(3,4)5)42-54-45(49)37-35-33-31-15-13-11-9-7-2/h8,10,14,16,18-19,21-22,24-25,31,33,43-44H,6-7,9,11-13,15,17,20,23,26-30,32,34-42H2,1-5H3/b10-8+,16-14+,19-18+,22-21+,25-24+,33-31+. The number of carbonyl (C=O) groups excluding carboxylic acids is 3. The minimum atomic E-state index is -1.13. The number of rotatable bonds is 37. The molecule has 0 spiro atoms. The number of quaternary nitrogens is 1. The van der Waals surface area contributed by atoms with Crippen molar-refractivity contribution >= 4 is 17.9 Å². The van der Waals surface area contributed by atoms with Crippen molar-refractivity contribution < 1.29 is 38.2 Å². The van der Waals surface area contributed by atoms with Gasteiger partial charge >= 0.3 is 11.9 Å². The quantitative estimate of drug-likeness (QED) is 0.0268. The van der Waals surface area contributed by atoms with E-state index in [4.69, 9.17) is 14.2 Å². The summed E-state index contributed by atoms with van der Waals surface area (Å²) in [6.07, 6.45) is 46.7. The molecule has 8 nitrogen and oxygen atoms in total. The third-order valence-corrected chi connectivity index (χ3v) is 9.09. The van der Waals surface area contributed by atoms with E-state index in [0.29, 0.717) is 12.8 Å². The number of aliphatic carboxylic acids is 1. The van der Waals surface area contributed by atoms with Gasteiger partial charge in [0.15, 0.2) is 6.10 Å². The smallest absolute Gasteiger partial charge is 0.306 e. The van der Waals surface area contributed by atoms with Crippen molar-refractivity contribution in [3.8, 4) is 0 Å². The van der Waals surface area contributed by atoms with Crippen LogP contribution in [-0.2, 0) is 28.6 Å². The second-order valence-electron chi connectivity index (χ2n) is 15.2. The van der Waals surface area contributed by atoms with Crippen LogP contribution in [0, 0.1) is 0 Å². The molecule has 2 unspecified atom stereocenters. The van der Waals surface area contributed by atoms with Crippen LogP contribution in [0.4, 0.5) is 0 Å². The SMILES string of the molecule is CC/C=C/C/C=C/C/C=C/C/C=C/C/C=C/CCCCCCCCCC(=O)OC(COCCC(C(=O)[O-])[N+](C)(C)C)COC(=O)CC/C=C/CCCCCC. The Labute approximate surface area is 336 Å². The number of ether oxygens (including phenoxy) is 3. The number of hydrogen-bond acceptors (Lipinski definition) is 7. The highest BCUT2D eigenvalue weighted by atomic mass is 16.6. The van der Waals surface area contributed by atoms with Gasteiger partial charge in [-0.2, -0.15) is 0 Å². The van der Waals surface area contributed by atoms with E-state index in [0.717, 1.165) is 77.0 Å². The normalized spacial score (nSPS) is 13.7. The van der Waals surface area contributed by atoms with Crippen LogP contribution in [0.3, 0.4) is 0 Å². The van der Waals surface area contributed by atoms with E-state index < -0.39 is 18.1 Å². The number of likely N-dealkylation sites (N-methyl/N-ethyl adjacent to an activating group) is 1. The Morgan fingerprint density at radius 1 is 0.564 bits per heavy atom. The molecular weight excluding hydrogens is 691 g/mol. The van der Waals surface area contributed by atoms with Gasteiger partial charge < -0.3 is 28.6 Å². The van der Waals surface area contributed by atoms with Crippen molar-refractivity contribution in [3.63, 3.8) is 0 Å². The summed E-state index contributed by atoms with van der Waals surface area (Å²) in [5, 5.41) is 11.6. The van der Waals surface area contributed by atoms with Crippen molar-refractivity contribution in [2.75, 3.05) is 41.0 Å². The van der Waals surface area contributed by atoms with E-state index in [2.05, 4.69) is 80.7 Å². The Morgan fingerprint density at radius 3 is 1.60 bits per heavy atom. The van der Waals surface area contributed by atoms with Crippen LogP contribution in [0.5, 0.6) is 0 Å². The molecule has 0 saturated heterocycles. The number of carboxylic acid groups (broad SMARTS) is 1. The summed E-state index contributed by atoms with van der Waals surface area (Å²) in [6, 6.07) is -0.734. The van der Waals surface area contributed by atoms with Gasteiger partial charge in [-0.05, 0) is 70.6 Å². The molecule has 0 aromatic rings. The highest BCUT2D eigenvalue weighted by molar-refractivity contribution is 5.70. The third-order valence-electron chi connectivity index (χ3n) is 9.09. The van der Waals surface area contributed by atoms with Crippen LogP contribution in [0.1, 0.15) is 155 Å². The minimum Gasteiger partial charge on any atom is -0.544 e. The first kappa shape index (κ1) is 51.8. The summed E-state index contributed by atoms with van der Waals surface area (Å²) in [5.41, 5.74) is 0. The van der Waals surface area contributed by atoms with Gasteiger partial charge in [-0.3, -0.25) is 9.59 Å². The van der Waals surface area contributed by atoms with Crippen LogP contribution in [0.2, 0.25) is 0 Å². The van der Waals surface area contributed by atoms with Crippen LogP contribution in [0.25, 0.3) is 0 Å². The zero-order valence-electron chi connectivity index (χ0n) is 35.6. The molecule has 0 aliphatic carbocycles. The van der Waals surface area contributed by atoms with Gasteiger partial charge in [-0.15, -0.1) is 0 Å². The second kappa shape index (κ2) is 37.7. The number of unbranched alkanes of at least 4 members (excludes halogenated alkanes) is 11. The highest BCUT2D eigenvalue weighted by Crippen LogP contribution is 2.13. The van der Waals surface area contributed by atoms with Crippen molar-refractivity contribution in [2.24, 2.45) is 0 Å². The lowest BCUT2D eigenvalue weighted by molar-refractivity contribution is -0.889. The zero-order valence-corrected chi connectivity index (χ0v) is 35.6. The molecule has 55 heavy (non-hydrogen) atoms. The van der Waals surface area contributed by atoms with E-state index >= 15 is 0 Å². The maximum atomic E-state index is 12.7. The molecule has 2 atom stereocenters. The summed E-state index contributed by atoms with van der Waals surface area (Å²) in [5.74, 6) is -1.83. The molecule has 8 heteroatoms. The van der Waals surface area contributed by atoms with E-state index in [1.807, 2.05) is 6.08 Å². The number of carbonyl (C=O) groups is 3. The third kappa shape index (κ3) is 36.2. The van der Waals surface area contributed by atoms with Gasteiger partial charge in [-0.1, -0.05) is 138 Å². The Kier molecular flexibility index (Phi) is 35.5. The molecular formula is C47H79NO7. The first-order valence-electron chi connectivity index (χ1n) is 21.5. The lowest BCUT2D eigenvalue weighted by Crippen LogP contribution is -2.55. The van der Waals surface area contributed by atoms with Crippen LogP contribution in [0.15, 0.2) is 72.9 Å². The summed E-state index contributed by atoms with van der Waals surface area (Å²) >= 11 is 0. The van der Waals surface area contributed by atoms with Crippen LogP contribution >= 0.6 is 0 Å². The van der Waals surface area contributed by atoms with Crippen molar-refractivity contribution in [1.29, 1.82) is 0 Å². The maximum absolute atomic E-state index is 12.7. The van der Waals surface area contributed by atoms with Gasteiger partial charge in [0.1, 0.15) is 12.6 Å². The van der Waals surface area contributed by atoms with Gasteiger partial charge in [0.05, 0.1) is 40.3 Å². The fraction of sp³-hybridized carbons (Fsp3) is 0.681. The molecule has 0 N–H and O–H groups in total. The monoisotopic (exact) mass is 770 g/mol. The molecule has 0 amide bonds. The molecule has 0 aromatic heterocycles. The van der Waals surface area contributed by atoms with Crippen LogP contribution in [-0.4, -0.2) is 75.5 Å². The number of carboxylic acids is 1. The maximum Gasteiger partial charge on any atom is 0.306 e. The second-order valence-corrected chi connectivity index (χ2v) is 15.2. The lowest BCUT2D eigenvalue weighted by atomic mass is 10.1. The molecule has 0 radical (unpaired) electrons. The topological polar surface area (TPSA) is 102 Å².